The normalized spacial score (nSPS) is 16.9. The molecule has 0 saturated heterocycles. The van der Waals surface area contributed by atoms with Gasteiger partial charge in [0.1, 0.15) is 9.98 Å². The number of carbonyl (C=O) groups is 2. The van der Waals surface area contributed by atoms with Crippen LogP contribution in [0.3, 0.4) is 0 Å². The number of rotatable bonds is 4. The molecule has 0 atom stereocenters. The van der Waals surface area contributed by atoms with Crippen LogP contribution in [-0.2, 0) is 9.59 Å². The van der Waals surface area contributed by atoms with Crippen LogP contribution in [0, 0.1) is 17.8 Å². The van der Waals surface area contributed by atoms with Crippen molar-refractivity contribution in [3.8, 4) is 0 Å². The molecule has 6 nitrogen and oxygen atoms in total. The maximum Gasteiger partial charge on any atom is 0.243 e. The third-order valence-electron chi connectivity index (χ3n) is 3.86. The SMILES string of the molecule is CC(C(=S)NN(C)C(=O)C1CC1)C(=S)NN(C)C(=O)C1CC1. The van der Waals surface area contributed by atoms with E-state index in [1.54, 1.807) is 14.1 Å². The molecule has 0 bridgehead atoms. The van der Waals surface area contributed by atoms with Crippen molar-refractivity contribution in [3.05, 3.63) is 0 Å². The lowest BCUT2D eigenvalue weighted by molar-refractivity contribution is -0.133. The zero-order valence-electron chi connectivity index (χ0n) is 13.1. The first-order valence-electron chi connectivity index (χ1n) is 7.47. The van der Waals surface area contributed by atoms with Gasteiger partial charge in [-0.25, -0.2) is 0 Å². The highest BCUT2D eigenvalue weighted by atomic mass is 32.1. The number of hydrogen-bond acceptors (Lipinski definition) is 4. The first-order valence-corrected chi connectivity index (χ1v) is 8.29. The number of amides is 2. The summed E-state index contributed by atoms with van der Waals surface area (Å²) >= 11 is 10.6. The molecule has 0 aromatic carbocycles. The van der Waals surface area contributed by atoms with Crippen molar-refractivity contribution in [2.24, 2.45) is 17.8 Å². The molecule has 2 N–H and O–H groups in total. The molecule has 122 valence electrons. The fourth-order valence-electron chi connectivity index (χ4n) is 1.96. The number of carbonyl (C=O) groups excluding carboxylic acids is 2. The van der Waals surface area contributed by atoms with Gasteiger partial charge in [-0.2, -0.15) is 0 Å². The van der Waals surface area contributed by atoms with E-state index in [1.165, 1.54) is 10.0 Å². The molecule has 2 rings (SSSR count). The van der Waals surface area contributed by atoms with E-state index in [1.807, 2.05) is 6.92 Å². The number of hydrogen-bond donors (Lipinski definition) is 2. The first kappa shape index (κ1) is 17.1. The largest absolute Gasteiger partial charge is 0.289 e. The van der Waals surface area contributed by atoms with E-state index >= 15 is 0 Å². The summed E-state index contributed by atoms with van der Waals surface area (Å²) in [5.74, 6) is 0.0868. The summed E-state index contributed by atoms with van der Waals surface area (Å²) in [6, 6.07) is 0. The summed E-state index contributed by atoms with van der Waals surface area (Å²) < 4.78 is 0. The second kappa shape index (κ2) is 6.87. The Morgan fingerprint density at radius 2 is 1.23 bits per heavy atom. The Morgan fingerprint density at radius 1 is 0.909 bits per heavy atom. The van der Waals surface area contributed by atoms with Gasteiger partial charge in [-0.15, -0.1) is 0 Å². The molecule has 2 fully saturated rings. The maximum absolute atomic E-state index is 11.9. The first-order chi connectivity index (χ1) is 10.3. The van der Waals surface area contributed by atoms with Crippen LogP contribution < -0.4 is 10.9 Å². The zero-order valence-corrected chi connectivity index (χ0v) is 14.7. The van der Waals surface area contributed by atoms with Gasteiger partial charge in [-0.3, -0.25) is 30.5 Å². The van der Waals surface area contributed by atoms with Crippen molar-refractivity contribution in [3.63, 3.8) is 0 Å². The lowest BCUT2D eigenvalue weighted by Crippen LogP contribution is -2.51. The van der Waals surface area contributed by atoms with Crippen molar-refractivity contribution in [1.82, 2.24) is 20.9 Å². The van der Waals surface area contributed by atoms with E-state index in [-0.39, 0.29) is 29.6 Å². The zero-order chi connectivity index (χ0) is 16.4. The average Bonchev–Trinajstić information content (AvgIpc) is 3.36. The molecule has 0 spiro atoms. The maximum atomic E-state index is 11.9. The number of thiocarbonyl (C=S) groups is 2. The molecule has 2 amide bonds. The fraction of sp³-hybridized carbons (Fsp3) is 0.714. The van der Waals surface area contributed by atoms with E-state index in [0.717, 1.165) is 25.7 Å². The second-order valence-electron chi connectivity index (χ2n) is 6.02. The van der Waals surface area contributed by atoms with Crippen molar-refractivity contribution in [2.75, 3.05) is 14.1 Å². The van der Waals surface area contributed by atoms with Crippen LogP contribution in [0.15, 0.2) is 0 Å². The van der Waals surface area contributed by atoms with Crippen LogP contribution in [0.5, 0.6) is 0 Å². The van der Waals surface area contributed by atoms with E-state index < -0.39 is 0 Å². The van der Waals surface area contributed by atoms with Crippen molar-refractivity contribution >= 4 is 46.2 Å². The fourth-order valence-corrected chi connectivity index (χ4v) is 2.55. The molecule has 2 aliphatic carbocycles. The van der Waals surface area contributed by atoms with Gasteiger partial charge in [-0.1, -0.05) is 24.4 Å². The van der Waals surface area contributed by atoms with Crippen LogP contribution in [-0.4, -0.2) is 45.9 Å². The Hall–Kier alpha value is -1.28. The minimum atomic E-state index is -0.270. The van der Waals surface area contributed by atoms with Crippen LogP contribution >= 0.6 is 24.4 Å². The van der Waals surface area contributed by atoms with Crippen LogP contribution in [0.1, 0.15) is 32.6 Å². The minimum absolute atomic E-state index is 0.0504. The van der Waals surface area contributed by atoms with E-state index in [4.69, 9.17) is 24.4 Å². The quantitative estimate of drug-likeness (QED) is 0.588. The Balaban J connectivity index is 1.79. The minimum Gasteiger partial charge on any atom is -0.289 e. The monoisotopic (exact) mass is 342 g/mol. The van der Waals surface area contributed by atoms with Crippen LogP contribution in [0.4, 0.5) is 0 Å². The molecule has 2 aliphatic rings. The summed E-state index contributed by atoms with van der Waals surface area (Å²) in [6.07, 6.45) is 3.78. The predicted molar refractivity (Wildman–Crippen MR) is 91.6 cm³/mol. The van der Waals surface area contributed by atoms with Gasteiger partial charge in [0.2, 0.25) is 11.8 Å². The predicted octanol–water partition coefficient (Wildman–Crippen LogP) is 1.02. The molecule has 0 heterocycles. The highest BCUT2D eigenvalue weighted by molar-refractivity contribution is 7.82. The summed E-state index contributed by atoms with van der Waals surface area (Å²) in [7, 11) is 3.33. The second-order valence-corrected chi connectivity index (χ2v) is 6.90. The lowest BCUT2D eigenvalue weighted by atomic mass is 10.2. The van der Waals surface area contributed by atoms with Gasteiger partial charge in [0, 0.05) is 25.9 Å². The van der Waals surface area contributed by atoms with Gasteiger partial charge in [0.25, 0.3) is 0 Å². The summed E-state index contributed by atoms with van der Waals surface area (Å²) in [6.45, 7) is 1.84. The van der Waals surface area contributed by atoms with E-state index in [0.29, 0.717) is 9.98 Å². The molecule has 0 aliphatic heterocycles. The van der Waals surface area contributed by atoms with Gasteiger partial charge in [0.05, 0.1) is 5.92 Å². The van der Waals surface area contributed by atoms with Crippen LogP contribution in [0.25, 0.3) is 0 Å². The molecule has 2 saturated carbocycles. The molecule has 8 heteroatoms. The number of hydrazine groups is 2. The third kappa shape index (κ3) is 4.36. The topological polar surface area (TPSA) is 64.7 Å². The molecular formula is C14H22N4O2S2. The molecule has 22 heavy (non-hydrogen) atoms. The Kier molecular flexibility index (Phi) is 5.33. The van der Waals surface area contributed by atoms with Gasteiger partial charge < -0.3 is 0 Å². The Labute approximate surface area is 141 Å². The Morgan fingerprint density at radius 3 is 1.50 bits per heavy atom. The molecule has 0 radical (unpaired) electrons. The highest BCUT2D eigenvalue weighted by Gasteiger charge is 2.34. The smallest absolute Gasteiger partial charge is 0.243 e. The van der Waals surface area contributed by atoms with Gasteiger partial charge >= 0.3 is 0 Å². The average molecular weight is 342 g/mol. The summed E-state index contributed by atoms with van der Waals surface area (Å²) in [4.78, 5) is 24.7. The molecule has 0 unspecified atom stereocenters. The number of nitrogens with zero attached hydrogens (tertiary/aromatic N) is 2. The summed E-state index contributed by atoms with van der Waals surface area (Å²) in [5.41, 5.74) is 5.81. The third-order valence-corrected chi connectivity index (χ3v) is 4.75. The standard InChI is InChI=1S/C14H22N4O2S2/c1-8(11(21)15-17(2)13(19)9-4-5-9)12(22)16-18(3)14(20)10-6-7-10/h8-10H,4-7H2,1-3H3,(H,15,21)(H,16,22). The van der Waals surface area contributed by atoms with Crippen LogP contribution in [0.2, 0.25) is 0 Å². The molecular weight excluding hydrogens is 320 g/mol. The van der Waals surface area contributed by atoms with Crippen molar-refractivity contribution < 1.29 is 9.59 Å². The van der Waals surface area contributed by atoms with Gasteiger partial charge in [-0.05, 0) is 32.6 Å². The lowest BCUT2D eigenvalue weighted by Gasteiger charge is -2.26. The van der Waals surface area contributed by atoms with Gasteiger partial charge in [0.15, 0.2) is 0 Å². The summed E-state index contributed by atoms with van der Waals surface area (Å²) in [5, 5.41) is 2.86. The number of nitrogens with one attached hydrogen (secondary N) is 2. The van der Waals surface area contributed by atoms with E-state index in [9.17, 15) is 9.59 Å². The highest BCUT2D eigenvalue weighted by Crippen LogP contribution is 2.30. The molecule has 0 aromatic rings. The Bertz CT molecular complexity index is 459. The molecule has 0 aromatic heterocycles. The van der Waals surface area contributed by atoms with E-state index in [2.05, 4.69) is 10.9 Å². The van der Waals surface area contributed by atoms with Crippen molar-refractivity contribution in [2.45, 2.75) is 32.6 Å². The van der Waals surface area contributed by atoms with Crippen molar-refractivity contribution in [1.29, 1.82) is 0 Å².